The summed E-state index contributed by atoms with van der Waals surface area (Å²) in [5.41, 5.74) is 1.71. The van der Waals surface area contributed by atoms with Gasteiger partial charge >= 0.3 is 0 Å². The van der Waals surface area contributed by atoms with Crippen molar-refractivity contribution < 1.29 is 17.9 Å². The number of hydrogen-bond donors (Lipinski definition) is 0. The summed E-state index contributed by atoms with van der Waals surface area (Å²) >= 11 is 6.03. The molecule has 174 valence electrons. The molecule has 1 aromatic heterocycles. The molecule has 0 spiro atoms. The van der Waals surface area contributed by atoms with E-state index in [0.717, 1.165) is 17.0 Å². The van der Waals surface area contributed by atoms with E-state index in [2.05, 4.69) is 10.2 Å². The second-order valence-corrected chi connectivity index (χ2v) is 9.76. The highest BCUT2D eigenvalue weighted by atomic mass is 35.5. The summed E-state index contributed by atoms with van der Waals surface area (Å²) in [6.45, 7) is 4.20. The number of rotatable bonds is 7. The molecular formula is C23H25ClN4O4S. The highest BCUT2D eigenvalue weighted by molar-refractivity contribution is 7.89. The monoisotopic (exact) mass is 488 g/mol. The van der Waals surface area contributed by atoms with Crippen LogP contribution in [0.2, 0.25) is 5.02 Å². The fraction of sp³-hybridized carbons (Fsp3) is 0.304. The van der Waals surface area contributed by atoms with Crippen molar-refractivity contribution in [2.24, 2.45) is 0 Å². The van der Waals surface area contributed by atoms with Crippen LogP contribution in [0, 0.1) is 0 Å². The number of nitrogens with zero attached hydrogens (tertiary/aromatic N) is 4. The molecule has 0 saturated carbocycles. The van der Waals surface area contributed by atoms with Gasteiger partial charge in [0.05, 0.1) is 19.4 Å². The Labute approximate surface area is 198 Å². The summed E-state index contributed by atoms with van der Waals surface area (Å²) in [5.74, 6) is 1.80. The maximum Gasteiger partial charge on any atom is 0.246 e. The lowest BCUT2D eigenvalue weighted by atomic mass is 10.1. The molecule has 4 rings (SSSR count). The number of methoxy groups -OCH3 is 1. The van der Waals surface area contributed by atoms with E-state index in [4.69, 9.17) is 21.1 Å². The molecule has 0 aliphatic carbocycles. The molecular weight excluding hydrogens is 464 g/mol. The van der Waals surface area contributed by atoms with E-state index in [1.165, 1.54) is 17.5 Å². The molecule has 0 N–H and O–H groups in total. The molecule has 2 aromatic carbocycles. The van der Waals surface area contributed by atoms with Gasteiger partial charge in [-0.25, -0.2) is 8.42 Å². The lowest BCUT2D eigenvalue weighted by Crippen LogP contribution is -2.49. The second kappa shape index (κ2) is 9.94. The minimum atomic E-state index is -3.73. The first-order valence-electron chi connectivity index (χ1n) is 10.6. The Hall–Kier alpha value is -2.88. The van der Waals surface area contributed by atoms with Gasteiger partial charge in [0.25, 0.3) is 0 Å². The Balaban J connectivity index is 1.43. The third-order valence-corrected chi connectivity index (χ3v) is 7.57. The van der Waals surface area contributed by atoms with Gasteiger partial charge in [-0.05, 0) is 61.5 Å². The molecule has 1 aliphatic heterocycles. The van der Waals surface area contributed by atoms with Crippen molar-refractivity contribution in [1.29, 1.82) is 0 Å². The predicted octanol–water partition coefficient (Wildman–Crippen LogP) is 3.72. The van der Waals surface area contributed by atoms with Crippen molar-refractivity contribution in [1.82, 2.24) is 14.5 Å². The summed E-state index contributed by atoms with van der Waals surface area (Å²) < 4.78 is 38.5. The quantitative estimate of drug-likeness (QED) is 0.501. The third kappa shape index (κ3) is 5.05. The molecule has 1 aliphatic rings. The maximum absolute atomic E-state index is 13.2. The number of piperazine rings is 1. The highest BCUT2D eigenvalue weighted by Gasteiger charge is 2.31. The second-order valence-electron chi connectivity index (χ2n) is 7.42. The lowest BCUT2D eigenvalue weighted by molar-refractivity contribution is 0.340. The van der Waals surface area contributed by atoms with Crippen molar-refractivity contribution in [3.05, 3.63) is 59.6 Å². The van der Waals surface area contributed by atoms with Crippen molar-refractivity contribution in [3.63, 3.8) is 0 Å². The molecule has 1 saturated heterocycles. The van der Waals surface area contributed by atoms with Crippen molar-refractivity contribution in [2.45, 2.75) is 11.8 Å². The van der Waals surface area contributed by atoms with Crippen LogP contribution in [-0.2, 0) is 10.0 Å². The standard InChI is InChI=1S/C23H25ClN4O4S/c1-3-32-19-7-4-17(5-8-19)20-9-11-23(26-25-20)27-12-14-28(15-13-27)33(29,30)22-16-18(24)6-10-21(22)31-2/h4-11,16H,3,12-15H2,1-2H3. The summed E-state index contributed by atoms with van der Waals surface area (Å²) in [4.78, 5) is 2.10. The first-order valence-corrected chi connectivity index (χ1v) is 12.4. The number of aromatic nitrogens is 2. The molecule has 0 amide bonds. The van der Waals surface area contributed by atoms with Gasteiger partial charge in [-0.1, -0.05) is 11.6 Å². The molecule has 2 heterocycles. The third-order valence-electron chi connectivity index (χ3n) is 5.42. The zero-order valence-corrected chi connectivity index (χ0v) is 20.0. The van der Waals surface area contributed by atoms with Gasteiger partial charge in [0, 0.05) is 36.8 Å². The van der Waals surface area contributed by atoms with Gasteiger partial charge in [0.2, 0.25) is 10.0 Å². The van der Waals surface area contributed by atoms with Crippen LogP contribution in [0.25, 0.3) is 11.3 Å². The van der Waals surface area contributed by atoms with Crippen molar-refractivity contribution in [2.75, 3.05) is 44.8 Å². The minimum Gasteiger partial charge on any atom is -0.495 e. The average molecular weight is 489 g/mol. The van der Waals surface area contributed by atoms with Crippen molar-refractivity contribution in [3.8, 4) is 22.8 Å². The Morgan fingerprint density at radius 3 is 2.30 bits per heavy atom. The molecule has 0 unspecified atom stereocenters. The zero-order chi connectivity index (χ0) is 23.4. The van der Waals surface area contributed by atoms with E-state index in [1.807, 2.05) is 48.2 Å². The summed E-state index contributed by atoms with van der Waals surface area (Å²) in [6.07, 6.45) is 0. The van der Waals surface area contributed by atoms with E-state index >= 15 is 0 Å². The summed E-state index contributed by atoms with van der Waals surface area (Å²) in [6, 6.07) is 16.1. The van der Waals surface area contributed by atoms with Gasteiger partial charge in [-0.15, -0.1) is 10.2 Å². The van der Waals surface area contributed by atoms with Gasteiger partial charge in [0.1, 0.15) is 16.4 Å². The van der Waals surface area contributed by atoms with Crippen molar-refractivity contribution >= 4 is 27.4 Å². The smallest absolute Gasteiger partial charge is 0.246 e. The van der Waals surface area contributed by atoms with Crippen LogP contribution in [0.15, 0.2) is 59.5 Å². The fourth-order valence-electron chi connectivity index (χ4n) is 3.69. The minimum absolute atomic E-state index is 0.0745. The number of halogens is 1. The van der Waals surface area contributed by atoms with Gasteiger partial charge in [0.15, 0.2) is 5.82 Å². The SMILES string of the molecule is CCOc1ccc(-c2ccc(N3CCN(S(=O)(=O)c4cc(Cl)ccc4OC)CC3)nn2)cc1. The molecule has 10 heteroatoms. The number of ether oxygens (including phenoxy) is 2. The van der Waals surface area contributed by atoms with E-state index in [1.54, 1.807) is 12.1 Å². The molecule has 3 aromatic rings. The van der Waals surface area contributed by atoms with Crippen LogP contribution in [0.5, 0.6) is 11.5 Å². The fourth-order valence-corrected chi connectivity index (χ4v) is 5.53. The summed E-state index contributed by atoms with van der Waals surface area (Å²) in [7, 11) is -2.29. The molecule has 8 nitrogen and oxygen atoms in total. The molecule has 33 heavy (non-hydrogen) atoms. The molecule has 0 bridgehead atoms. The highest BCUT2D eigenvalue weighted by Crippen LogP contribution is 2.30. The Kier molecular flexibility index (Phi) is 7.02. The molecule has 0 atom stereocenters. The Morgan fingerprint density at radius 1 is 0.970 bits per heavy atom. The van der Waals surface area contributed by atoms with E-state index in [9.17, 15) is 8.42 Å². The number of benzene rings is 2. The van der Waals surface area contributed by atoms with Gasteiger partial charge in [-0.2, -0.15) is 4.31 Å². The van der Waals surface area contributed by atoms with E-state index in [-0.39, 0.29) is 10.6 Å². The number of hydrogen-bond acceptors (Lipinski definition) is 7. The first-order chi connectivity index (χ1) is 15.9. The number of sulfonamides is 1. The van der Waals surface area contributed by atoms with Gasteiger partial charge in [-0.3, -0.25) is 0 Å². The van der Waals surface area contributed by atoms with Crippen LogP contribution >= 0.6 is 11.6 Å². The predicted molar refractivity (Wildman–Crippen MR) is 128 cm³/mol. The Morgan fingerprint density at radius 2 is 1.70 bits per heavy atom. The van der Waals surface area contributed by atoms with Crippen LogP contribution in [-0.4, -0.2) is 62.8 Å². The van der Waals surface area contributed by atoms with Gasteiger partial charge < -0.3 is 14.4 Å². The van der Waals surface area contributed by atoms with E-state index in [0.29, 0.717) is 43.6 Å². The maximum atomic E-state index is 13.2. The topological polar surface area (TPSA) is 84.9 Å². The van der Waals surface area contributed by atoms with Crippen LogP contribution in [0.3, 0.4) is 0 Å². The number of anilines is 1. The summed E-state index contributed by atoms with van der Waals surface area (Å²) in [5, 5.41) is 9.06. The normalized spacial score (nSPS) is 14.8. The molecule has 0 radical (unpaired) electrons. The Bertz CT molecular complexity index is 1200. The lowest BCUT2D eigenvalue weighted by Gasteiger charge is -2.34. The van der Waals surface area contributed by atoms with Crippen LogP contribution in [0.4, 0.5) is 5.82 Å². The van der Waals surface area contributed by atoms with E-state index < -0.39 is 10.0 Å². The average Bonchev–Trinajstić information content (AvgIpc) is 2.85. The van der Waals surface area contributed by atoms with Crippen LogP contribution in [0.1, 0.15) is 6.92 Å². The zero-order valence-electron chi connectivity index (χ0n) is 18.4. The largest absolute Gasteiger partial charge is 0.495 e. The first kappa shape index (κ1) is 23.3. The van der Waals surface area contributed by atoms with Crippen LogP contribution < -0.4 is 14.4 Å². The molecule has 1 fully saturated rings.